The number of furan rings is 1. The number of aromatic nitrogens is 1. The average Bonchev–Trinajstić information content (AvgIpc) is 3.10. The number of allylic oxidation sites excluding steroid dienone is 2. The molecule has 4 heteroatoms. The summed E-state index contributed by atoms with van der Waals surface area (Å²) in [7, 11) is 0. The van der Waals surface area contributed by atoms with Gasteiger partial charge in [-0.15, -0.1) is 0 Å². The Hall–Kier alpha value is -2.36. The maximum atomic E-state index is 12.7. The second kappa shape index (κ2) is 7.07. The highest BCUT2D eigenvalue weighted by Gasteiger charge is 2.22. The standard InChI is InChI=1S/C18H20N2O2/c21-18(17-9-5-11-22-17)20(13-15-6-2-1-3-7-15)14-16-8-4-10-19-12-16/h1-2,4-5,8-12,15H,3,6-7,13-14H2/t15-/m0/s1. The van der Waals surface area contributed by atoms with E-state index in [9.17, 15) is 4.79 Å². The average molecular weight is 296 g/mol. The van der Waals surface area contributed by atoms with Crippen molar-refractivity contribution in [1.29, 1.82) is 0 Å². The van der Waals surface area contributed by atoms with Gasteiger partial charge in [-0.2, -0.15) is 0 Å². The van der Waals surface area contributed by atoms with Crippen molar-refractivity contribution in [2.24, 2.45) is 5.92 Å². The first-order valence-electron chi connectivity index (χ1n) is 7.69. The summed E-state index contributed by atoms with van der Waals surface area (Å²) in [6.07, 6.45) is 12.8. The third kappa shape index (κ3) is 3.64. The van der Waals surface area contributed by atoms with Gasteiger partial charge < -0.3 is 9.32 Å². The Kier molecular flexibility index (Phi) is 4.68. The second-order valence-corrected chi connectivity index (χ2v) is 5.67. The van der Waals surface area contributed by atoms with E-state index in [0.717, 1.165) is 31.4 Å². The van der Waals surface area contributed by atoms with E-state index < -0.39 is 0 Å². The van der Waals surface area contributed by atoms with E-state index in [2.05, 4.69) is 17.1 Å². The fourth-order valence-electron chi connectivity index (χ4n) is 2.82. The van der Waals surface area contributed by atoms with E-state index in [1.807, 2.05) is 23.2 Å². The lowest BCUT2D eigenvalue weighted by Crippen LogP contribution is -2.35. The van der Waals surface area contributed by atoms with E-state index in [1.165, 1.54) is 0 Å². The summed E-state index contributed by atoms with van der Waals surface area (Å²) in [5.41, 5.74) is 1.04. The number of amides is 1. The highest BCUT2D eigenvalue weighted by molar-refractivity contribution is 5.91. The lowest BCUT2D eigenvalue weighted by molar-refractivity contribution is 0.0677. The van der Waals surface area contributed by atoms with Gasteiger partial charge in [-0.05, 0) is 48.9 Å². The summed E-state index contributed by atoms with van der Waals surface area (Å²) in [5, 5.41) is 0. The van der Waals surface area contributed by atoms with E-state index in [-0.39, 0.29) is 5.91 Å². The van der Waals surface area contributed by atoms with Crippen LogP contribution in [0.5, 0.6) is 0 Å². The zero-order valence-electron chi connectivity index (χ0n) is 12.5. The molecule has 0 fully saturated rings. The molecular weight excluding hydrogens is 276 g/mol. The van der Waals surface area contributed by atoms with Gasteiger partial charge in [-0.3, -0.25) is 9.78 Å². The molecule has 0 aliphatic heterocycles. The van der Waals surface area contributed by atoms with Crippen LogP contribution in [-0.4, -0.2) is 22.3 Å². The summed E-state index contributed by atoms with van der Waals surface area (Å²) in [5.74, 6) is 0.860. The van der Waals surface area contributed by atoms with Gasteiger partial charge in [0.05, 0.1) is 6.26 Å². The van der Waals surface area contributed by atoms with Crippen LogP contribution in [0.4, 0.5) is 0 Å². The van der Waals surface area contributed by atoms with Crippen LogP contribution in [0, 0.1) is 5.92 Å². The topological polar surface area (TPSA) is 46.3 Å². The number of nitrogens with zero attached hydrogens (tertiary/aromatic N) is 2. The molecular formula is C18H20N2O2. The van der Waals surface area contributed by atoms with E-state index in [4.69, 9.17) is 4.42 Å². The minimum Gasteiger partial charge on any atom is -0.459 e. The van der Waals surface area contributed by atoms with Crippen molar-refractivity contribution in [3.63, 3.8) is 0 Å². The lowest BCUT2D eigenvalue weighted by Gasteiger charge is -2.27. The molecule has 0 radical (unpaired) electrons. The third-order valence-electron chi connectivity index (χ3n) is 3.97. The van der Waals surface area contributed by atoms with Gasteiger partial charge in [-0.1, -0.05) is 18.2 Å². The maximum absolute atomic E-state index is 12.7. The Bertz CT molecular complexity index is 620. The molecule has 22 heavy (non-hydrogen) atoms. The largest absolute Gasteiger partial charge is 0.459 e. The predicted molar refractivity (Wildman–Crippen MR) is 84.2 cm³/mol. The molecule has 2 aromatic heterocycles. The van der Waals surface area contributed by atoms with Gasteiger partial charge in [0, 0.05) is 25.5 Å². The molecule has 1 amide bonds. The van der Waals surface area contributed by atoms with Gasteiger partial charge in [-0.25, -0.2) is 0 Å². The first-order valence-corrected chi connectivity index (χ1v) is 7.69. The molecule has 2 heterocycles. The molecule has 2 aromatic rings. The van der Waals surface area contributed by atoms with Crippen molar-refractivity contribution in [2.75, 3.05) is 6.54 Å². The van der Waals surface area contributed by atoms with Gasteiger partial charge >= 0.3 is 0 Å². The van der Waals surface area contributed by atoms with Crippen LogP contribution in [0.15, 0.2) is 59.5 Å². The molecule has 0 unspecified atom stereocenters. The molecule has 0 bridgehead atoms. The summed E-state index contributed by atoms with van der Waals surface area (Å²) in [6, 6.07) is 7.36. The fourth-order valence-corrected chi connectivity index (χ4v) is 2.82. The van der Waals surface area contributed by atoms with Crippen molar-refractivity contribution in [2.45, 2.75) is 25.8 Å². The number of hydrogen-bond donors (Lipinski definition) is 0. The summed E-state index contributed by atoms with van der Waals surface area (Å²) in [6.45, 7) is 1.31. The maximum Gasteiger partial charge on any atom is 0.289 e. The first kappa shape index (κ1) is 14.6. The Balaban J connectivity index is 1.75. The van der Waals surface area contributed by atoms with Crippen LogP contribution in [0.3, 0.4) is 0 Å². The van der Waals surface area contributed by atoms with Gasteiger partial charge in [0.1, 0.15) is 0 Å². The SMILES string of the molecule is O=C(c1ccco1)N(Cc1cccnc1)C[C@H]1CC=CCC1. The molecule has 3 rings (SSSR count). The minimum absolute atomic E-state index is 0.0524. The van der Waals surface area contributed by atoms with Crippen molar-refractivity contribution in [3.8, 4) is 0 Å². The summed E-state index contributed by atoms with van der Waals surface area (Å²) < 4.78 is 5.28. The molecule has 4 nitrogen and oxygen atoms in total. The monoisotopic (exact) mass is 296 g/mol. The zero-order chi connectivity index (χ0) is 15.2. The quantitative estimate of drug-likeness (QED) is 0.791. The van der Waals surface area contributed by atoms with Crippen molar-refractivity contribution in [3.05, 3.63) is 66.4 Å². The molecule has 0 saturated heterocycles. The number of hydrogen-bond acceptors (Lipinski definition) is 3. The number of rotatable bonds is 5. The van der Waals surface area contributed by atoms with Crippen LogP contribution in [0.2, 0.25) is 0 Å². The van der Waals surface area contributed by atoms with Crippen molar-refractivity contribution < 1.29 is 9.21 Å². The van der Waals surface area contributed by atoms with Gasteiger partial charge in [0.25, 0.3) is 5.91 Å². The molecule has 0 spiro atoms. The van der Waals surface area contributed by atoms with Crippen molar-refractivity contribution in [1.82, 2.24) is 9.88 Å². The van der Waals surface area contributed by atoms with E-state index >= 15 is 0 Å². The first-order chi connectivity index (χ1) is 10.8. The smallest absolute Gasteiger partial charge is 0.289 e. The fraction of sp³-hybridized carbons (Fsp3) is 0.333. The van der Waals surface area contributed by atoms with Crippen LogP contribution in [-0.2, 0) is 6.54 Å². The molecule has 0 aromatic carbocycles. The van der Waals surface area contributed by atoms with E-state index in [1.54, 1.807) is 24.6 Å². The molecule has 1 atom stereocenters. The number of carbonyl (C=O) groups excluding carboxylic acids is 1. The Morgan fingerprint density at radius 1 is 1.32 bits per heavy atom. The molecule has 0 N–H and O–H groups in total. The van der Waals surface area contributed by atoms with Crippen LogP contribution < -0.4 is 0 Å². The van der Waals surface area contributed by atoms with Crippen LogP contribution in [0.1, 0.15) is 35.4 Å². The summed E-state index contributed by atoms with van der Waals surface area (Å²) in [4.78, 5) is 18.7. The molecule has 1 aliphatic rings. The molecule has 114 valence electrons. The van der Waals surface area contributed by atoms with Crippen LogP contribution in [0.25, 0.3) is 0 Å². The predicted octanol–water partition coefficient (Wildman–Crippen LogP) is 3.67. The van der Waals surface area contributed by atoms with Crippen molar-refractivity contribution >= 4 is 5.91 Å². The highest BCUT2D eigenvalue weighted by Crippen LogP contribution is 2.21. The van der Waals surface area contributed by atoms with Gasteiger partial charge in [0.15, 0.2) is 5.76 Å². The minimum atomic E-state index is -0.0524. The summed E-state index contributed by atoms with van der Waals surface area (Å²) >= 11 is 0. The van der Waals surface area contributed by atoms with E-state index in [0.29, 0.717) is 18.2 Å². The molecule has 0 saturated carbocycles. The Labute approximate surface area is 130 Å². The third-order valence-corrected chi connectivity index (χ3v) is 3.97. The Morgan fingerprint density at radius 3 is 2.95 bits per heavy atom. The second-order valence-electron chi connectivity index (χ2n) is 5.67. The zero-order valence-corrected chi connectivity index (χ0v) is 12.5. The van der Waals surface area contributed by atoms with Gasteiger partial charge in [0.2, 0.25) is 0 Å². The van der Waals surface area contributed by atoms with Crippen LogP contribution >= 0.6 is 0 Å². The number of pyridine rings is 1. The number of carbonyl (C=O) groups is 1. The lowest BCUT2D eigenvalue weighted by atomic mass is 9.93. The molecule has 1 aliphatic carbocycles. The normalized spacial score (nSPS) is 17.4. The Morgan fingerprint density at radius 2 is 2.27 bits per heavy atom. The highest BCUT2D eigenvalue weighted by atomic mass is 16.3.